The van der Waals surface area contributed by atoms with Gasteiger partial charge >= 0.3 is 0 Å². The zero-order valence-corrected chi connectivity index (χ0v) is 16.3. The van der Waals surface area contributed by atoms with E-state index in [1.807, 2.05) is 73.7 Å². The molecule has 29 heavy (non-hydrogen) atoms. The third-order valence-electron chi connectivity index (χ3n) is 4.90. The standard InChI is InChI=1S/C27H22O2/c1-20-12-15-23(16-13-20)27(28)17-14-21-6-4-10-25(18-21)29-19-24-9-5-8-22-7-2-3-11-26(22)24/h2-18H,19H2,1H3/b17-14+. The summed E-state index contributed by atoms with van der Waals surface area (Å²) in [6.45, 7) is 2.50. The fraction of sp³-hybridized carbons (Fsp3) is 0.0741. The number of carbonyl (C=O) groups excluding carboxylic acids is 1. The average Bonchev–Trinajstić information content (AvgIpc) is 2.77. The molecule has 4 rings (SSSR count). The van der Waals surface area contributed by atoms with Gasteiger partial charge in [0.05, 0.1) is 0 Å². The van der Waals surface area contributed by atoms with Crippen LogP contribution >= 0.6 is 0 Å². The quantitative estimate of drug-likeness (QED) is 0.278. The summed E-state index contributed by atoms with van der Waals surface area (Å²) in [4.78, 5) is 12.3. The Morgan fingerprint density at radius 1 is 0.862 bits per heavy atom. The minimum Gasteiger partial charge on any atom is -0.489 e. The van der Waals surface area contributed by atoms with E-state index in [1.54, 1.807) is 6.08 Å². The topological polar surface area (TPSA) is 26.3 Å². The molecule has 0 atom stereocenters. The van der Waals surface area contributed by atoms with Crippen molar-refractivity contribution in [3.05, 3.63) is 119 Å². The van der Waals surface area contributed by atoms with Gasteiger partial charge in [-0.15, -0.1) is 0 Å². The van der Waals surface area contributed by atoms with Crippen LogP contribution in [-0.2, 0) is 6.61 Å². The number of allylic oxidation sites excluding steroid dienone is 1. The van der Waals surface area contributed by atoms with Crippen LogP contribution in [0.3, 0.4) is 0 Å². The molecular weight excluding hydrogens is 356 g/mol. The van der Waals surface area contributed by atoms with Crippen LogP contribution in [0.5, 0.6) is 5.75 Å². The molecule has 0 unspecified atom stereocenters. The van der Waals surface area contributed by atoms with Gasteiger partial charge in [-0.05, 0) is 47.0 Å². The van der Waals surface area contributed by atoms with Crippen LogP contribution in [0.2, 0.25) is 0 Å². The SMILES string of the molecule is Cc1ccc(C(=O)/C=C/c2cccc(OCc3cccc4ccccc34)c2)cc1. The Kier molecular flexibility index (Phi) is 5.53. The van der Waals surface area contributed by atoms with Gasteiger partial charge in [-0.1, -0.05) is 90.5 Å². The smallest absolute Gasteiger partial charge is 0.185 e. The van der Waals surface area contributed by atoms with Crippen LogP contribution in [0, 0.1) is 6.92 Å². The number of aryl methyl sites for hydroxylation is 1. The van der Waals surface area contributed by atoms with Crippen LogP contribution in [0.1, 0.15) is 27.0 Å². The maximum absolute atomic E-state index is 12.3. The minimum atomic E-state index is -0.00734. The first kappa shape index (κ1) is 18.7. The van der Waals surface area contributed by atoms with Crippen molar-refractivity contribution >= 4 is 22.6 Å². The van der Waals surface area contributed by atoms with Crippen molar-refractivity contribution in [1.29, 1.82) is 0 Å². The molecule has 4 aromatic carbocycles. The molecule has 0 amide bonds. The Morgan fingerprint density at radius 3 is 2.48 bits per heavy atom. The number of hydrogen-bond acceptors (Lipinski definition) is 2. The van der Waals surface area contributed by atoms with Gasteiger partial charge in [-0.25, -0.2) is 0 Å². The zero-order valence-electron chi connectivity index (χ0n) is 16.3. The van der Waals surface area contributed by atoms with Crippen LogP contribution in [-0.4, -0.2) is 5.78 Å². The van der Waals surface area contributed by atoms with Gasteiger partial charge in [0.2, 0.25) is 0 Å². The molecule has 0 heterocycles. The summed E-state index contributed by atoms with van der Waals surface area (Å²) < 4.78 is 6.03. The van der Waals surface area contributed by atoms with E-state index in [0.29, 0.717) is 12.2 Å². The summed E-state index contributed by atoms with van der Waals surface area (Å²) in [5.74, 6) is 0.773. The van der Waals surface area contributed by atoms with Crippen molar-refractivity contribution < 1.29 is 9.53 Å². The molecule has 0 saturated heterocycles. The van der Waals surface area contributed by atoms with Gasteiger partial charge < -0.3 is 4.74 Å². The van der Waals surface area contributed by atoms with E-state index in [0.717, 1.165) is 22.4 Å². The summed E-state index contributed by atoms with van der Waals surface area (Å²) in [5.41, 5.74) is 3.91. The Balaban J connectivity index is 1.46. The Hall–Kier alpha value is -3.65. The third-order valence-corrected chi connectivity index (χ3v) is 4.90. The predicted molar refractivity (Wildman–Crippen MR) is 119 cm³/mol. The third kappa shape index (κ3) is 4.61. The highest BCUT2D eigenvalue weighted by Gasteiger charge is 2.03. The highest BCUT2D eigenvalue weighted by Crippen LogP contribution is 2.21. The van der Waals surface area contributed by atoms with Gasteiger partial charge in [-0.2, -0.15) is 0 Å². The zero-order chi connectivity index (χ0) is 20.1. The summed E-state index contributed by atoms with van der Waals surface area (Å²) >= 11 is 0. The molecule has 2 heteroatoms. The van der Waals surface area contributed by atoms with Crippen molar-refractivity contribution in [1.82, 2.24) is 0 Å². The number of benzene rings is 4. The number of carbonyl (C=O) groups is 1. The van der Waals surface area contributed by atoms with E-state index in [1.165, 1.54) is 10.8 Å². The van der Waals surface area contributed by atoms with E-state index in [2.05, 4.69) is 30.3 Å². The number of fused-ring (bicyclic) bond motifs is 1. The molecule has 0 aliphatic heterocycles. The van der Waals surface area contributed by atoms with Gasteiger partial charge in [0.1, 0.15) is 12.4 Å². The molecule has 0 aromatic heterocycles. The highest BCUT2D eigenvalue weighted by atomic mass is 16.5. The normalized spacial score (nSPS) is 11.1. The molecule has 0 bridgehead atoms. The van der Waals surface area contributed by atoms with Crippen LogP contribution < -0.4 is 4.74 Å². The lowest BCUT2D eigenvalue weighted by Gasteiger charge is -2.09. The van der Waals surface area contributed by atoms with Crippen molar-refractivity contribution in [2.24, 2.45) is 0 Å². The van der Waals surface area contributed by atoms with E-state index < -0.39 is 0 Å². The molecule has 0 saturated carbocycles. The fourth-order valence-corrected chi connectivity index (χ4v) is 3.27. The summed E-state index contributed by atoms with van der Waals surface area (Å²) in [5, 5.41) is 2.41. The lowest BCUT2D eigenvalue weighted by atomic mass is 10.1. The van der Waals surface area contributed by atoms with E-state index in [9.17, 15) is 4.79 Å². The molecule has 2 nitrogen and oxygen atoms in total. The molecule has 0 spiro atoms. The maximum atomic E-state index is 12.3. The lowest BCUT2D eigenvalue weighted by Crippen LogP contribution is -1.96. The number of rotatable bonds is 6. The van der Waals surface area contributed by atoms with Gasteiger partial charge in [0, 0.05) is 5.56 Å². The molecule has 4 aromatic rings. The second-order valence-corrected chi connectivity index (χ2v) is 7.06. The molecule has 0 radical (unpaired) electrons. The molecule has 142 valence electrons. The Morgan fingerprint density at radius 2 is 1.62 bits per heavy atom. The molecule has 0 N–H and O–H groups in total. The fourth-order valence-electron chi connectivity index (χ4n) is 3.27. The number of ether oxygens (including phenoxy) is 1. The molecule has 0 aliphatic rings. The molecule has 0 fully saturated rings. The predicted octanol–water partition coefficient (Wildman–Crippen LogP) is 6.62. The summed E-state index contributed by atoms with van der Waals surface area (Å²) in [6, 6.07) is 29.9. The average molecular weight is 378 g/mol. The van der Waals surface area contributed by atoms with Crippen molar-refractivity contribution in [3.63, 3.8) is 0 Å². The van der Waals surface area contributed by atoms with Crippen LogP contribution in [0.25, 0.3) is 16.8 Å². The van der Waals surface area contributed by atoms with Gasteiger partial charge in [0.15, 0.2) is 5.78 Å². The highest BCUT2D eigenvalue weighted by molar-refractivity contribution is 6.06. The summed E-state index contributed by atoms with van der Waals surface area (Å²) in [7, 11) is 0. The monoisotopic (exact) mass is 378 g/mol. The first-order valence-corrected chi connectivity index (χ1v) is 9.68. The van der Waals surface area contributed by atoms with E-state index in [4.69, 9.17) is 4.74 Å². The van der Waals surface area contributed by atoms with E-state index >= 15 is 0 Å². The largest absolute Gasteiger partial charge is 0.489 e. The van der Waals surface area contributed by atoms with Crippen molar-refractivity contribution in [2.45, 2.75) is 13.5 Å². The van der Waals surface area contributed by atoms with Gasteiger partial charge in [-0.3, -0.25) is 4.79 Å². The second-order valence-electron chi connectivity index (χ2n) is 7.06. The lowest BCUT2D eigenvalue weighted by molar-refractivity contribution is 0.104. The van der Waals surface area contributed by atoms with Gasteiger partial charge in [0.25, 0.3) is 0 Å². The van der Waals surface area contributed by atoms with Crippen LogP contribution in [0.15, 0.2) is 97.1 Å². The van der Waals surface area contributed by atoms with Crippen LogP contribution in [0.4, 0.5) is 0 Å². The summed E-state index contributed by atoms with van der Waals surface area (Å²) in [6.07, 6.45) is 3.43. The molecular formula is C27H22O2. The number of ketones is 1. The first-order chi connectivity index (χ1) is 14.2. The number of hydrogen-bond donors (Lipinski definition) is 0. The Bertz CT molecular complexity index is 1170. The minimum absolute atomic E-state index is 0.00734. The molecule has 0 aliphatic carbocycles. The Labute approximate surface area is 171 Å². The van der Waals surface area contributed by atoms with Crippen molar-refractivity contribution in [3.8, 4) is 5.75 Å². The second kappa shape index (κ2) is 8.57. The van der Waals surface area contributed by atoms with Crippen molar-refractivity contribution in [2.75, 3.05) is 0 Å². The first-order valence-electron chi connectivity index (χ1n) is 9.68. The maximum Gasteiger partial charge on any atom is 0.185 e. The van der Waals surface area contributed by atoms with E-state index in [-0.39, 0.29) is 5.78 Å².